The molecule has 2 fully saturated rings. The third-order valence-corrected chi connectivity index (χ3v) is 5.50. The van der Waals surface area contributed by atoms with Crippen LogP contribution >= 0.6 is 11.6 Å². The van der Waals surface area contributed by atoms with E-state index in [-0.39, 0.29) is 11.9 Å². The van der Waals surface area contributed by atoms with Crippen molar-refractivity contribution >= 4 is 23.5 Å². The highest BCUT2D eigenvalue weighted by molar-refractivity contribution is 6.30. The summed E-state index contributed by atoms with van der Waals surface area (Å²) in [5.74, 6) is 0.771. The van der Waals surface area contributed by atoms with Crippen molar-refractivity contribution in [3.8, 4) is 5.75 Å². The molecule has 1 heterocycles. The predicted octanol–water partition coefficient (Wildman–Crippen LogP) is 3.30. The predicted molar refractivity (Wildman–Crippen MR) is 105 cm³/mol. The van der Waals surface area contributed by atoms with Gasteiger partial charge in [-0.25, -0.2) is 4.79 Å². The Kier molecular flexibility index (Phi) is 7.21. The van der Waals surface area contributed by atoms with Crippen LogP contribution in [-0.2, 0) is 4.79 Å². The highest BCUT2D eigenvalue weighted by atomic mass is 35.5. The molecule has 1 aromatic carbocycles. The summed E-state index contributed by atoms with van der Waals surface area (Å²) in [7, 11) is 0. The van der Waals surface area contributed by atoms with Gasteiger partial charge in [0.25, 0.3) is 0 Å². The molecule has 7 heteroatoms. The summed E-state index contributed by atoms with van der Waals surface area (Å²) in [6, 6.07) is 7.43. The van der Waals surface area contributed by atoms with Crippen molar-refractivity contribution < 1.29 is 14.3 Å². The zero-order chi connectivity index (χ0) is 19.1. The number of amides is 3. The number of piperazine rings is 1. The fourth-order valence-corrected chi connectivity index (χ4v) is 3.74. The minimum absolute atomic E-state index is 0.0140. The molecule has 2 aliphatic rings. The van der Waals surface area contributed by atoms with E-state index in [0.29, 0.717) is 56.0 Å². The third kappa shape index (κ3) is 6.03. The molecule has 1 aliphatic heterocycles. The van der Waals surface area contributed by atoms with Crippen LogP contribution in [0.3, 0.4) is 0 Å². The van der Waals surface area contributed by atoms with Gasteiger partial charge in [-0.1, -0.05) is 30.9 Å². The van der Waals surface area contributed by atoms with Crippen molar-refractivity contribution in [3.63, 3.8) is 0 Å². The fourth-order valence-electron chi connectivity index (χ4n) is 3.62. The molecule has 0 radical (unpaired) electrons. The Bertz CT molecular complexity index is 624. The Morgan fingerprint density at radius 3 is 2.30 bits per heavy atom. The van der Waals surface area contributed by atoms with E-state index in [1.807, 2.05) is 9.80 Å². The molecular weight excluding hydrogens is 366 g/mol. The van der Waals surface area contributed by atoms with E-state index < -0.39 is 0 Å². The molecule has 27 heavy (non-hydrogen) atoms. The summed E-state index contributed by atoms with van der Waals surface area (Å²) in [4.78, 5) is 28.4. The summed E-state index contributed by atoms with van der Waals surface area (Å²) in [6.45, 7) is 2.67. The standard InChI is InChI=1S/C20H28ClN3O3/c21-16-6-8-18(9-7-16)27-15-10-19(25)23-11-13-24(14-12-23)20(26)22-17-4-2-1-3-5-17/h6-9,17H,1-5,10-15H2,(H,22,26). The topological polar surface area (TPSA) is 61.9 Å². The van der Waals surface area contributed by atoms with Gasteiger partial charge >= 0.3 is 6.03 Å². The molecule has 1 aliphatic carbocycles. The molecule has 6 nitrogen and oxygen atoms in total. The van der Waals surface area contributed by atoms with Crippen molar-refractivity contribution in [1.29, 1.82) is 0 Å². The quantitative estimate of drug-likeness (QED) is 0.834. The Morgan fingerprint density at radius 2 is 1.63 bits per heavy atom. The summed E-state index contributed by atoms with van der Waals surface area (Å²) in [6.07, 6.45) is 6.16. The first-order chi connectivity index (χ1) is 13.1. The van der Waals surface area contributed by atoms with Crippen LogP contribution in [0.1, 0.15) is 38.5 Å². The van der Waals surface area contributed by atoms with E-state index in [4.69, 9.17) is 16.3 Å². The fraction of sp³-hybridized carbons (Fsp3) is 0.600. The number of benzene rings is 1. The number of carbonyl (C=O) groups is 2. The maximum atomic E-state index is 12.4. The molecule has 1 N–H and O–H groups in total. The summed E-state index contributed by atoms with van der Waals surface area (Å²) >= 11 is 5.84. The smallest absolute Gasteiger partial charge is 0.317 e. The van der Waals surface area contributed by atoms with Crippen LogP contribution in [0, 0.1) is 0 Å². The minimum atomic E-state index is 0.0140. The number of carbonyl (C=O) groups excluding carboxylic acids is 2. The Balaban J connectivity index is 1.34. The number of nitrogens with one attached hydrogen (secondary N) is 1. The molecule has 1 saturated carbocycles. The van der Waals surface area contributed by atoms with Crippen molar-refractivity contribution in [1.82, 2.24) is 15.1 Å². The van der Waals surface area contributed by atoms with Crippen LogP contribution in [0.5, 0.6) is 5.75 Å². The van der Waals surface area contributed by atoms with Gasteiger partial charge < -0.3 is 19.9 Å². The van der Waals surface area contributed by atoms with Crippen molar-refractivity contribution in [2.75, 3.05) is 32.8 Å². The second-order valence-corrected chi connectivity index (χ2v) is 7.64. The lowest BCUT2D eigenvalue weighted by molar-refractivity contribution is -0.133. The van der Waals surface area contributed by atoms with Crippen LogP contribution in [0.4, 0.5) is 4.79 Å². The molecule has 0 atom stereocenters. The Morgan fingerprint density at radius 1 is 1.00 bits per heavy atom. The van der Waals surface area contributed by atoms with Gasteiger partial charge in [-0.3, -0.25) is 4.79 Å². The molecule has 0 spiro atoms. The molecule has 3 rings (SSSR count). The number of ether oxygens (including phenoxy) is 1. The Hall–Kier alpha value is -1.95. The maximum absolute atomic E-state index is 12.4. The van der Waals surface area contributed by atoms with E-state index in [9.17, 15) is 9.59 Å². The first kappa shape index (κ1) is 19.8. The van der Waals surface area contributed by atoms with Crippen LogP contribution in [0.2, 0.25) is 5.02 Å². The van der Waals surface area contributed by atoms with Crippen molar-refractivity contribution in [2.45, 2.75) is 44.6 Å². The van der Waals surface area contributed by atoms with Crippen LogP contribution in [0.15, 0.2) is 24.3 Å². The number of hydrogen-bond acceptors (Lipinski definition) is 3. The normalized spacial score (nSPS) is 18.3. The first-order valence-corrected chi connectivity index (χ1v) is 10.2. The monoisotopic (exact) mass is 393 g/mol. The molecule has 1 saturated heterocycles. The number of urea groups is 1. The lowest BCUT2D eigenvalue weighted by Gasteiger charge is -2.36. The number of halogens is 1. The number of rotatable bonds is 5. The number of hydrogen-bond donors (Lipinski definition) is 1. The van der Waals surface area contributed by atoms with E-state index in [1.165, 1.54) is 19.3 Å². The average molecular weight is 394 g/mol. The van der Waals surface area contributed by atoms with E-state index in [0.717, 1.165) is 12.8 Å². The average Bonchev–Trinajstić information content (AvgIpc) is 2.70. The van der Waals surface area contributed by atoms with Gasteiger partial charge in [0.2, 0.25) is 5.91 Å². The van der Waals surface area contributed by atoms with E-state index in [2.05, 4.69) is 5.32 Å². The number of nitrogens with zero attached hydrogens (tertiary/aromatic N) is 2. The highest BCUT2D eigenvalue weighted by Crippen LogP contribution is 2.18. The Labute approximate surface area is 165 Å². The minimum Gasteiger partial charge on any atom is -0.493 e. The second kappa shape index (κ2) is 9.83. The maximum Gasteiger partial charge on any atom is 0.317 e. The molecule has 0 bridgehead atoms. The van der Waals surface area contributed by atoms with Gasteiger partial charge in [-0.2, -0.15) is 0 Å². The first-order valence-electron chi connectivity index (χ1n) is 9.83. The molecule has 3 amide bonds. The van der Waals surface area contributed by atoms with Gasteiger partial charge in [-0.15, -0.1) is 0 Å². The highest BCUT2D eigenvalue weighted by Gasteiger charge is 2.25. The van der Waals surface area contributed by atoms with Crippen LogP contribution in [0.25, 0.3) is 0 Å². The zero-order valence-electron chi connectivity index (χ0n) is 15.7. The molecule has 148 valence electrons. The van der Waals surface area contributed by atoms with Crippen molar-refractivity contribution in [3.05, 3.63) is 29.3 Å². The van der Waals surface area contributed by atoms with Gasteiger partial charge in [0.1, 0.15) is 5.75 Å². The van der Waals surface area contributed by atoms with Crippen molar-refractivity contribution in [2.24, 2.45) is 0 Å². The van der Waals surface area contributed by atoms with Crippen LogP contribution < -0.4 is 10.1 Å². The van der Waals surface area contributed by atoms with Gasteiger partial charge in [-0.05, 0) is 37.1 Å². The third-order valence-electron chi connectivity index (χ3n) is 5.25. The lowest BCUT2D eigenvalue weighted by Crippen LogP contribution is -2.54. The molecule has 0 unspecified atom stereocenters. The SMILES string of the molecule is O=C(CCOc1ccc(Cl)cc1)N1CCN(C(=O)NC2CCCCC2)CC1. The van der Waals surface area contributed by atoms with Crippen LogP contribution in [-0.4, -0.2) is 60.6 Å². The summed E-state index contributed by atoms with van der Waals surface area (Å²) < 4.78 is 5.59. The van der Waals surface area contributed by atoms with Gasteiger partial charge in [0, 0.05) is 37.2 Å². The molecular formula is C20H28ClN3O3. The lowest BCUT2D eigenvalue weighted by atomic mass is 9.96. The van der Waals surface area contributed by atoms with Gasteiger partial charge in [0.15, 0.2) is 0 Å². The second-order valence-electron chi connectivity index (χ2n) is 7.20. The van der Waals surface area contributed by atoms with Gasteiger partial charge in [0.05, 0.1) is 13.0 Å². The molecule has 0 aromatic heterocycles. The summed E-state index contributed by atoms with van der Waals surface area (Å²) in [5.41, 5.74) is 0. The zero-order valence-corrected chi connectivity index (χ0v) is 16.4. The van der Waals surface area contributed by atoms with E-state index in [1.54, 1.807) is 24.3 Å². The summed E-state index contributed by atoms with van der Waals surface area (Å²) in [5, 5.41) is 3.80. The molecule has 1 aromatic rings. The largest absolute Gasteiger partial charge is 0.493 e. The van der Waals surface area contributed by atoms with E-state index >= 15 is 0 Å².